The topological polar surface area (TPSA) is 178 Å². The Morgan fingerprint density at radius 3 is 2.22 bits per heavy atom. The molecular formula is C20H29N3O9. The zero-order valence-corrected chi connectivity index (χ0v) is 17.5. The molecule has 0 aliphatic carbocycles. The van der Waals surface area contributed by atoms with Crippen LogP contribution >= 0.6 is 0 Å². The number of carboxylic acid groups (broad SMARTS) is 2. The highest BCUT2D eigenvalue weighted by Crippen LogP contribution is 2.15. The van der Waals surface area contributed by atoms with E-state index < -0.39 is 18.0 Å². The molecule has 0 bridgehead atoms. The van der Waals surface area contributed by atoms with Crippen LogP contribution in [0, 0.1) is 0 Å². The lowest BCUT2D eigenvalue weighted by molar-refractivity contribution is -0.134. The third kappa shape index (κ3) is 13.1. The number of amides is 2. The van der Waals surface area contributed by atoms with Gasteiger partial charge in [-0.05, 0) is 24.3 Å². The highest BCUT2D eigenvalue weighted by Gasteiger charge is 2.15. The van der Waals surface area contributed by atoms with Crippen LogP contribution in [0.1, 0.15) is 0 Å². The van der Waals surface area contributed by atoms with Gasteiger partial charge in [-0.1, -0.05) is 0 Å². The first-order valence-electron chi connectivity index (χ1n) is 9.83. The maximum atomic E-state index is 11.8. The van der Waals surface area contributed by atoms with E-state index in [1.165, 1.54) is 12.1 Å². The van der Waals surface area contributed by atoms with Gasteiger partial charge in [0.15, 0.2) is 0 Å². The molecule has 1 atom stereocenters. The lowest BCUT2D eigenvalue weighted by Crippen LogP contribution is -2.47. The number of aromatic hydroxyl groups is 1. The molecule has 12 nitrogen and oxygen atoms in total. The SMILES string of the molecule is O=C(NCCNCC(O)COc1ccc(O)cc1)N1CCOCC1.O=C(O)/C=C/C(=O)O. The van der Waals surface area contributed by atoms with Crippen LogP contribution in [0.4, 0.5) is 4.79 Å². The number of hydrogen-bond donors (Lipinski definition) is 6. The minimum Gasteiger partial charge on any atom is -0.508 e. The van der Waals surface area contributed by atoms with Gasteiger partial charge in [0.25, 0.3) is 0 Å². The molecule has 178 valence electrons. The lowest BCUT2D eigenvalue weighted by atomic mass is 10.3. The summed E-state index contributed by atoms with van der Waals surface area (Å²) >= 11 is 0. The van der Waals surface area contributed by atoms with E-state index in [1.54, 1.807) is 17.0 Å². The number of morpholine rings is 1. The Bertz CT molecular complexity index is 718. The molecule has 1 aliphatic rings. The summed E-state index contributed by atoms with van der Waals surface area (Å²) in [6.45, 7) is 3.97. The van der Waals surface area contributed by atoms with E-state index in [2.05, 4.69) is 10.6 Å². The number of ether oxygens (including phenoxy) is 2. The quantitative estimate of drug-likeness (QED) is 0.199. The molecule has 1 aliphatic heterocycles. The van der Waals surface area contributed by atoms with Gasteiger partial charge in [-0.15, -0.1) is 0 Å². The van der Waals surface area contributed by atoms with Crippen LogP contribution in [0.25, 0.3) is 0 Å². The van der Waals surface area contributed by atoms with Gasteiger partial charge in [-0.2, -0.15) is 0 Å². The van der Waals surface area contributed by atoms with Crippen LogP contribution in [0.2, 0.25) is 0 Å². The maximum Gasteiger partial charge on any atom is 0.328 e. The molecule has 2 amide bonds. The van der Waals surface area contributed by atoms with E-state index in [9.17, 15) is 19.5 Å². The molecule has 1 aromatic rings. The number of aliphatic hydroxyl groups is 1. The molecule has 32 heavy (non-hydrogen) atoms. The molecule has 12 heteroatoms. The molecule has 1 saturated heterocycles. The van der Waals surface area contributed by atoms with Gasteiger partial charge in [-0.25, -0.2) is 14.4 Å². The Labute approximate surface area is 185 Å². The summed E-state index contributed by atoms with van der Waals surface area (Å²) in [6.07, 6.45) is 0.457. The monoisotopic (exact) mass is 455 g/mol. The number of benzene rings is 1. The molecule has 6 N–H and O–H groups in total. The van der Waals surface area contributed by atoms with Crippen LogP contribution < -0.4 is 15.4 Å². The third-order valence-electron chi connectivity index (χ3n) is 3.90. The molecular weight excluding hydrogens is 426 g/mol. The van der Waals surface area contributed by atoms with Crippen molar-refractivity contribution < 1.29 is 44.3 Å². The van der Waals surface area contributed by atoms with Crippen molar-refractivity contribution in [1.29, 1.82) is 0 Å². The second kappa shape index (κ2) is 15.5. The number of phenolic OH excluding ortho intramolecular Hbond substituents is 1. The van der Waals surface area contributed by atoms with Gasteiger partial charge in [-0.3, -0.25) is 0 Å². The van der Waals surface area contributed by atoms with E-state index >= 15 is 0 Å². The van der Waals surface area contributed by atoms with Crippen LogP contribution in [-0.2, 0) is 14.3 Å². The van der Waals surface area contributed by atoms with Gasteiger partial charge in [0.05, 0.1) is 13.2 Å². The Kier molecular flexibility index (Phi) is 12.9. The first kappa shape index (κ1) is 26.7. The summed E-state index contributed by atoms with van der Waals surface area (Å²) in [7, 11) is 0. The van der Waals surface area contributed by atoms with Crippen LogP contribution in [0.3, 0.4) is 0 Å². The van der Waals surface area contributed by atoms with Crippen molar-refractivity contribution in [3.05, 3.63) is 36.4 Å². The number of carboxylic acids is 2. The van der Waals surface area contributed by atoms with E-state index in [1.807, 2.05) is 0 Å². The van der Waals surface area contributed by atoms with Gasteiger partial charge in [0, 0.05) is 44.9 Å². The van der Waals surface area contributed by atoms with Gasteiger partial charge < -0.3 is 45.4 Å². The minimum absolute atomic E-state index is 0.0867. The summed E-state index contributed by atoms with van der Waals surface area (Å²) in [4.78, 5) is 32.7. The predicted molar refractivity (Wildman–Crippen MR) is 113 cm³/mol. The Hall–Kier alpha value is -3.35. The van der Waals surface area contributed by atoms with Gasteiger partial charge in [0.1, 0.15) is 24.2 Å². The number of urea groups is 1. The second-order valence-corrected chi connectivity index (χ2v) is 6.50. The molecule has 1 heterocycles. The normalized spacial score (nSPS) is 14.2. The largest absolute Gasteiger partial charge is 0.508 e. The van der Waals surface area contributed by atoms with Gasteiger partial charge in [0.2, 0.25) is 0 Å². The number of nitrogens with one attached hydrogen (secondary N) is 2. The summed E-state index contributed by atoms with van der Waals surface area (Å²) < 4.78 is 10.6. The van der Waals surface area contributed by atoms with Crippen molar-refractivity contribution in [2.45, 2.75) is 6.10 Å². The van der Waals surface area contributed by atoms with E-state index in [-0.39, 0.29) is 18.4 Å². The van der Waals surface area contributed by atoms with Crippen LogP contribution in [0.15, 0.2) is 36.4 Å². The summed E-state index contributed by atoms with van der Waals surface area (Å²) in [5.41, 5.74) is 0. The Balaban J connectivity index is 0.000000547. The molecule has 0 spiro atoms. The number of aliphatic hydroxyl groups excluding tert-OH is 1. The fourth-order valence-corrected chi connectivity index (χ4v) is 2.34. The lowest BCUT2D eigenvalue weighted by Gasteiger charge is -2.27. The van der Waals surface area contributed by atoms with Crippen molar-refractivity contribution in [2.24, 2.45) is 0 Å². The van der Waals surface area contributed by atoms with E-state index in [0.29, 0.717) is 63.8 Å². The second-order valence-electron chi connectivity index (χ2n) is 6.50. The number of aliphatic carboxylic acids is 2. The number of phenols is 1. The van der Waals surface area contributed by atoms with Crippen molar-refractivity contribution in [3.63, 3.8) is 0 Å². The fourth-order valence-electron chi connectivity index (χ4n) is 2.34. The predicted octanol–water partition coefficient (Wildman–Crippen LogP) is -0.525. The molecule has 0 aromatic heterocycles. The average Bonchev–Trinajstić information content (AvgIpc) is 2.78. The standard InChI is InChI=1S/C16H25N3O5.C4H4O4/c20-13-1-3-15(4-2-13)24-12-14(21)11-17-5-6-18-16(22)19-7-9-23-10-8-19;5-3(6)1-2-4(7)8/h1-4,14,17,20-21H,5-12H2,(H,18,22);1-2H,(H,5,6)(H,7,8)/b;2-1+. The first-order chi connectivity index (χ1) is 15.3. The number of rotatable bonds is 10. The molecule has 1 fully saturated rings. The Morgan fingerprint density at radius 1 is 1.06 bits per heavy atom. The summed E-state index contributed by atoms with van der Waals surface area (Å²) in [5, 5.41) is 40.5. The van der Waals surface area contributed by atoms with Crippen molar-refractivity contribution in [1.82, 2.24) is 15.5 Å². The molecule has 0 saturated carbocycles. The highest BCUT2D eigenvalue weighted by molar-refractivity contribution is 5.89. The molecule has 1 aromatic carbocycles. The van der Waals surface area contributed by atoms with Crippen LogP contribution in [-0.4, -0.2) is 102 Å². The highest BCUT2D eigenvalue weighted by atomic mass is 16.5. The maximum absolute atomic E-state index is 11.8. The van der Waals surface area contributed by atoms with Gasteiger partial charge >= 0.3 is 18.0 Å². The molecule has 1 unspecified atom stereocenters. The smallest absolute Gasteiger partial charge is 0.328 e. The van der Waals surface area contributed by atoms with Crippen LogP contribution in [0.5, 0.6) is 11.5 Å². The van der Waals surface area contributed by atoms with E-state index in [0.717, 1.165) is 0 Å². The molecule has 2 rings (SSSR count). The fraction of sp³-hybridized carbons (Fsp3) is 0.450. The average molecular weight is 455 g/mol. The molecule has 0 radical (unpaired) electrons. The Morgan fingerprint density at radius 2 is 1.66 bits per heavy atom. The first-order valence-corrected chi connectivity index (χ1v) is 9.83. The third-order valence-corrected chi connectivity index (χ3v) is 3.90. The number of carbonyl (C=O) groups is 3. The number of carbonyl (C=O) groups excluding carboxylic acids is 1. The number of hydrogen-bond acceptors (Lipinski definition) is 8. The van der Waals surface area contributed by atoms with E-state index in [4.69, 9.17) is 24.8 Å². The summed E-state index contributed by atoms with van der Waals surface area (Å²) in [6, 6.07) is 6.23. The zero-order chi connectivity index (χ0) is 23.8. The summed E-state index contributed by atoms with van der Waals surface area (Å²) in [5.74, 6) is -1.76. The van der Waals surface area contributed by atoms with Crippen molar-refractivity contribution >= 4 is 18.0 Å². The van der Waals surface area contributed by atoms with Crippen molar-refractivity contribution in [3.8, 4) is 11.5 Å². The number of nitrogens with zero attached hydrogens (tertiary/aromatic N) is 1. The minimum atomic E-state index is -1.26. The zero-order valence-electron chi connectivity index (χ0n) is 17.5. The van der Waals surface area contributed by atoms with Crippen molar-refractivity contribution in [2.75, 3.05) is 52.5 Å².